The molecule has 2 aliphatic heterocycles. The molecule has 1 aromatic heterocycles. The molecule has 29 heavy (non-hydrogen) atoms. The van der Waals surface area contributed by atoms with Crippen LogP contribution in [0.1, 0.15) is 44.3 Å². The summed E-state index contributed by atoms with van der Waals surface area (Å²) < 4.78 is 5.54. The molecule has 2 saturated heterocycles. The van der Waals surface area contributed by atoms with Gasteiger partial charge < -0.3 is 19.9 Å². The van der Waals surface area contributed by atoms with Gasteiger partial charge in [0.15, 0.2) is 5.96 Å². The molecule has 0 bridgehead atoms. The zero-order valence-corrected chi connectivity index (χ0v) is 21.1. The lowest BCUT2D eigenvalue weighted by Crippen LogP contribution is -2.55. The van der Waals surface area contributed by atoms with Crippen LogP contribution >= 0.6 is 35.3 Å². The Morgan fingerprint density at radius 1 is 1.31 bits per heavy atom. The average molecular weight is 535 g/mol. The fourth-order valence-electron chi connectivity index (χ4n) is 3.50. The van der Waals surface area contributed by atoms with Gasteiger partial charge >= 0.3 is 0 Å². The van der Waals surface area contributed by atoms with Crippen molar-refractivity contribution in [1.29, 1.82) is 0 Å². The first-order valence-electron chi connectivity index (χ1n) is 10.2. The number of halogens is 1. The van der Waals surface area contributed by atoms with Crippen LogP contribution in [0.5, 0.6) is 0 Å². The summed E-state index contributed by atoms with van der Waals surface area (Å²) in [5.41, 5.74) is 1.25. The van der Waals surface area contributed by atoms with Crippen LogP contribution in [-0.4, -0.2) is 79.1 Å². The highest BCUT2D eigenvalue weighted by Crippen LogP contribution is 2.24. The summed E-state index contributed by atoms with van der Waals surface area (Å²) >= 11 is 1.73. The quantitative estimate of drug-likeness (QED) is 0.365. The molecule has 0 radical (unpaired) electrons. The summed E-state index contributed by atoms with van der Waals surface area (Å²) in [6, 6.07) is 0. The first-order valence-corrected chi connectivity index (χ1v) is 11.1. The number of piperazine rings is 1. The molecule has 1 N–H and O–H groups in total. The van der Waals surface area contributed by atoms with Gasteiger partial charge in [0, 0.05) is 63.6 Å². The van der Waals surface area contributed by atoms with Crippen LogP contribution in [0, 0.1) is 0 Å². The number of carbonyl (C=O) groups excluding carboxylic acids is 1. The van der Waals surface area contributed by atoms with Crippen molar-refractivity contribution in [3.8, 4) is 0 Å². The molecule has 3 heterocycles. The van der Waals surface area contributed by atoms with Gasteiger partial charge in [-0.05, 0) is 12.8 Å². The van der Waals surface area contributed by atoms with Crippen LogP contribution in [0.2, 0.25) is 0 Å². The number of aliphatic imine (C=N–C) groups is 1. The lowest BCUT2D eigenvalue weighted by molar-refractivity contribution is -0.142. The second-order valence-corrected chi connectivity index (χ2v) is 9.36. The Kier molecular flexibility index (Phi) is 9.15. The number of nitrogens with zero attached hydrogens (tertiary/aromatic N) is 4. The number of amides is 1. The maximum atomic E-state index is 12.5. The second-order valence-electron chi connectivity index (χ2n) is 8.41. The molecule has 2 aliphatic rings. The van der Waals surface area contributed by atoms with E-state index < -0.39 is 0 Å². The summed E-state index contributed by atoms with van der Waals surface area (Å²) in [5, 5.41) is 6.76. The molecule has 1 unspecified atom stereocenters. The normalized spacial score (nSPS) is 20.6. The molecule has 1 atom stereocenters. The third kappa shape index (κ3) is 6.52. The van der Waals surface area contributed by atoms with E-state index in [-0.39, 0.29) is 41.4 Å². The van der Waals surface area contributed by atoms with E-state index in [1.54, 1.807) is 11.3 Å². The van der Waals surface area contributed by atoms with Gasteiger partial charge in [0.2, 0.25) is 0 Å². The Balaban J connectivity index is 0.00000300. The SMILES string of the molecule is CN=C(NCCc1nc(C(C)(C)C)cs1)N1CCN(C(=O)C2CCCO2)CC1.I. The number of thiazole rings is 1. The topological polar surface area (TPSA) is 70.1 Å². The first-order chi connectivity index (χ1) is 13.4. The predicted molar refractivity (Wildman–Crippen MR) is 128 cm³/mol. The summed E-state index contributed by atoms with van der Waals surface area (Å²) in [7, 11) is 1.81. The van der Waals surface area contributed by atoms with Gasteiger partial charge in [0.05, 0.1) is 10.7 Å². The molecular formula is C20H34IN5O2S. The molecule has 0 saturated carbocycles. The maximum Gasteiger partial charge on any atom is 0.251 e. The fraction of sp³-hybridized carbons (Fsp3) is 0.750. The minimum atomic E-state index is -0.222. The van der Waals surface area contributed by atoms with E-state index in [4.69, 9.17) is 9.72 Å². The highest BCUT2D eigenvalue weighted by Gasteiger charge is 2.30. The van der Waals surface area contributed by atoms with Crippen LogP contribution < -0.4 is 5.32 Å². The monoisotopic (exact) mass is 535 g/mol. The minimum Gasteiger partial charge on any atom is -0.368 e. The van der Waals surface area contributed by atoms with E-state index in [2.05, 4.69) is 41.4 Å². The molecule has 0 spiro atoms. The molecule has 3 rings (SSSR count). The summed E-state index contributed by atoms with van der Waals surface area (Å²) in [5.74, 6) is 1.05. The molecule has 164 valence electrons. The van der Waals surface area contributed by atoms with Crippen molar-refractivity contribution in [1.82, 2.24) is 20.1 Å². The van der Waals surface area contributed by atoms with Crippen LogP contribution in [-0.2, 0) is 21.4 Å². The number of nitrogens with one attached hydrogen (secondary N) is 1. The van der Waals surface area contributed by atoms with Crippen molar-refractivity contribution in [3.63, 3.8) is 0 Å². The van der Waals surface area contributed by atoms with Crippen molar-refractivity contribution in [3.05, 3.63) is 16.1 Å². The van der Waals surface area contributed by atoms with Crippen LogP contribution in [0.15, 0.2) is 10.4 Å². The number of hydrogen-bond donors (Lipinski definition) is 1. The summed E-state index contributed by atoms with van der Waals surface area (Å²) in [6.07, 6.45) is 2.51. The van der Waals surface area contributed by atoms with Gasteiger partial charge in [-0.15, -0.1) is 35.3 Å². The van der Waals surface area contributed by atoms with Crippen molar-refractivity contribution in [2.24, 2.45) is 4.99 Å². The Morgan fingerprint density at radius 3 is 2.55 bits per heavy atom. The van der Waals surface area contributed by atoms with Gasteiger partial charge in [-0.2, -0.15) is 0 Å². The largest absolute Gasteiger partial charge is 0.368 e. The van der Waals surface area contributed by atoms with E-state index in [9.17, 15) is 4.79 Å². The van der Waals surface area contributed by atoms with Crippen molar-refractivity contribution >= 4 is 47.2 Å². The molecule has 0 aromatic carbocycles. The van der Waals surface area contributed by atoms with Gasteiger partial charge in [0.25, 0.3) is 5.91 Å². The van der Waals surface area contributed by atoms with E-state index >= 15 is 0 Å². The summed E-state index contributed by atoms with van der Waals surface area (Å²) in [6.45, 7) is 11.1. The molecule has 2 fully saturated rings. The zero-order valence-electron chi connectivity index (χ0n) is 17.9. The van der Waals surface area contributed by atoms with Crippen molar-refractivity contribution in [2.75, 3.05) is 46.4 Å². The molecular weight excluding hydrogens is 501 g/mol. The zero-order chi connectivity index (χ0) is 20.1. The van der Waals surface area contributed by atoms with Gasteiger partial charge in [0.1, 0.15) is 6.10 Å². The van der Waals surface area contributed by atoms with Gasteiger partial charge in [-0.25, -0.2) is 4.98 Å². The lowest BCUT2D eigenvalue weighted by atomic mass is 9.93. The van der Waals surface area contributed by atoms with E-state index in [1.165, 1.54) is 0 Å². The van der Waals surface area contributed by atoms with Crippen LogP contribution in [0.4, 0.5) is 0 Å². The van der Waals surface area contributed by atoms with E-state index in [0.29, 0.717) is 6.61 Å². The van der Waals surface area contributed by atoms with Crippen molar-refractivity contribution in [2.45, 2.75) is 51.6 Å². The third-order valence-electron chi connectivity index (χ3n) is 5.25. The van der Waals surface area contributed by atoms with Crippen LogP contribution in [0.3, 0.4) is 0 Å². The number of ether oxygens (including phenoxy) is 1. The van der Waals surface area contributed by atoms with E-state index in [1.807, 2.05) is 11.9 Å². The predicted octanol–water partition coefficient (Wildman–Crippen LogP) is 2.50. The van der Waals surface area contributed by atoms with Crippen LogP contribution in [0.25, 0.3) is 0 Å². The summed E-state index contributed by atoms with van der Waals surface area (Å²) in [4.78, 5) is 25.8. The molecule has 1 aromatic rings. The highest BCUT2D eigenvalue weighted by molar-refractivity contribution is 14.0. The second kappa shape index (κ2) is 10.9. The molecule has 9 heteroatoms. The number of guanidine groups is 1. The van der Waals surface area contributed by atoms with Crippen molar-refractivity contribution < 1.29 is 9.53 Å². The highest BCUT2D eigenvalue weighted by atomic mass is 127. The number of carbonyl (C=O) groups is 1. The Bertz CT molecular complexity index is 689. The number of hydrogen-bond acceptors (Lipinski definition) is 5. The van der Waals surface area contributed by atoms with E-state index in [0.717, 1.165) is 68.6 Å². The third-order valence-corrected chi connectivity index (χ3v) is 6.16. The van der Waals surface area contributed by atoms with Gasteiger partial charge in [-0.3, -0.25) is 9.79 Å². The fourth-order valence-corrected chi connectivity index (χ4v) is 4.52. The first kappa shape index (κ1) is 24.3. The molecule has 7 nitrogen and oxygen atoms in total. The number of rotatable bonds is 4. The maximum absolute atomic E-state index is 12.5. The molecule has 1 amide bonds. The Labute approximate surface area is 195 Å². The Morgan fingerprint density at radius 2 is 2.00 bits per heavy atom. The van der Waals surface area contributed by atoms with Gasteiger partial charge in [-0.1, -0.05) is 20.8 Å². The minimum absolute atomic E-state index is 0. The number of aromatic nitrogens is 1. The average Bonchev–Trinajstić information content (AvgIpc) is 3.36. The molecule has 0 aliphatic carbocycles. The standard InChI is InChI=1S/C20H33N5O2S.HI/c1-20(2,3)16-14-28-17(23-16)7-8-22-19(21-4)25-11-9-24(10-12-25)18(26)15-6-5-13-27-15;/h14-15H,5-13H2,1-4H3,(H,21,22);1H. The smallest absolute Gasteiger partial charge is 0.251 e. The lowest BCUT2D eigenvalue weighted by Gasteiger charge is -2.37. The Hall–Kier alpha value is -0.940.